The third kappa shape index (κ3) is 2.97. The van der Waals surface area contributed by atoms with Crippen LogP contribution in [0.4, 0.5) is 17.6 Å². The maximum absolute atomic E-state index is 14.3. The Labute approximate surface area is 133 Å². The maximum atomic E-state index is 14.3. The van der Waals surface area contributed by atoms with Crippen molar-refractivity contribution in [3.05, 3.63) is 90.0 Å². The summed E-state index contributed by atoms with van der Waals surface area (Å²) >= 11 is 0. The summed E-state index contributed by atoms with van der Waals surface area (Å²) in [5, 5.41) is 0. The van der Waals surface area contributed by atoms with E-state index < -0.39 is 34.2 Å². The van der Waals surface area contributed by atoms with E-state index in [4.69, 9.17) is 0 Å². The Morgan fingerprint density at radius 2 is 1.04 bits per heavy atom. The van der Waals surface area contributed by atoms with Crippen molar-refractivity contribution in [1.82, 2.24) is 0 Å². The molecule has 0 atom stereocenters. The summed E-state index contributed by atoms with van der Waals surface area (Å²) in [5.41, 5.74) is 0. The molecule has 0 aliphatic carbocycles. The molecule has 0 saturated heterocycles. The molecule has 0 N–H and O–H groups in total. The molecule has 3 aromatic rings. The lowest BCUT2D eigenvalue weighted by Crippen LogP contribution is -2.10. The van der Waals surface area contributed by atoms with Gasteiger partial charge in [0.05, 0.1) is 0 Å². The lowest BCUT2D eigenvalue weighted by molar-refractivity contribution is 0.398. The van der Waals surface area contributed by atoms with E-state index in [1.165, 1.54) is 0 Å². The molecule has 0 spiro atoms. The van der Waals surface area contributed by atoms with Crippen molar-refractivity contribution < 1.29 is 17.6 Å². The predicted molar refractivity (Wildman–Crippen MR) is 81.3 cm³/mol. The predicted octanol–water partition coefficient (Wildman–Crippen LogP) is 5.34. The third-order valence-corrected chi connectivity index (χ3v) is 5.47. The van der Waals surface area contributed by atoms with Gasteiger partial charge >= 0.3 is 0 Å². The van der Waals surface area contributed by atoms with Crippen LogP contribution < -0.4 is 0 Å². The zero-order valence-corrected chi connectivity index (χ0v) is 12.6. The molecule has 3 aromatic carbocycles. The van der Waals surface area contributed by atoms with Crippen molar-refractivity contribution in [1.29, 1.82) is 0 Å². The van der Waals surface area contributed by atoms with Crippen LogP contribution in [0.3, 0.4) is 0 Å². The number of halogens is 4. The summed E-state index contributed by atoms with van der Waals surface area (Å²) in [6.45, 7) is 0. The first kappa shape index (κ1) is 15.6. The summed E-state index contributed by atoms with van der Waals surface area (Å²) in [6, 6.07) is 18.3. The lowest BCUT2D eigenvalue weighted by Gasteiger charge is -2.09. The van der Waals surface area contributed by atoms with E-state index in [-0.39, 0.29) is 4.90 Å². The summed E-state index contributed by atoms with van der Waals surface area (Å²) in [7, 11) is -1.08. The van der Waals surface area contributed by atoms with Crippen molar-refractivity contribution in [3.8, 4) is 0 Å². The average molecular weight is 335 g/mol. The Balaban J connectivity index is 2.26. The fourth-order valence-corrected chi connectivity index (χ4v) is 4.33. The average Bonchev–Trinajstić information content (AvgIpc) is 2.60. The van der Waals surface area contributed by atoms with Gasteiger partial charge in [-0.15, -0.1) is 0 Å². The van der Waals surface area contributed by atoms with Gasteiger partial charge in [-0.3, -0.25) is 0 Å². The van der Waals surface area contributed by atoms with Gasteiger partial charge in [0.15, 0.2) is 21.4 Å². The number of rotatable bonds is 3. The first-order valence-corrected chi connectivity index (χ1v) is 7.99. The van der Waals surface area contributed by atoms with Crippen LogP contribution in [0.5, 0.6) is 0 Å². The van der Waals surface area contributed by atoms with Gasteiger partial charge in [0, 0.05) is 6.07 Å². The highest BCUT2D eigenvalue weighted by Crippen LogP contribution is 2.34. The highest BCUT2D eigenvalue weighted by molar-refractivity contribution is 7.97. The Kier molecular flexibility index (Phi) is 4.39. The molecular weight excluding hydrogens is 324 g/mol. The first-order chi connectivity index (χ1) is 11.1. The van der Waals surface area contributed by atoms with E-state index in [1.54, 1.807) is 60.7 Å². The molecule has 0 heterocycles. The van der Waals surface area contributed by atoms with Gasteiger partial charge in [0.25, 0.3) is 0 Å². The zero-order valence-electron chi connectivity index (χ0n) is 11.8. The molecule has 0 aliphatic heterocycles. The Bertz CT molecular complexity index is 780. The molecule has 0 nitrogen and oxygen atoms in total. The molecule has 0 unspecified atom stereocenters. The molecule has 0 radical (unpaired) electrons. The molecular formula is C18H11F4S+. The standard InChI is InChI=1S/C18H11F4S/c19-14-11-15(17(21)18(22)16(14)20)23(12-7-3-1-4-8-12)13-9-5-2-6-10-13/h1-11H/q+1. The van der Waals surface area contributed by atoms with Gasteiger partial charge in [-0.1, -0.05) is 36.4 Å². The Morgan fingerprint density at radius 1 is 0.565 bits per heavy atom. The minimum Gasteiger partial charge on any atom is -0.203 e. The van der Waals surface area contributed by atoms with Crippen LogP contribution in [0.15, 0.2) is 81.4 Å². The third-order valence-electron chi connectivity index (χ3n) is 3.25. The van der Waals surface area contributed by atoms with Crippen molar-refractivity contribution >= 4 is 10.9 Å². The molecule has 23 heavy (non-hydrogen) atoms. The summed E-state index contributed by atoms with van der Waals surface area (Å²) < 4.78 is 54.8. The van der Waals surface area contributed by atoms with E-state index in [0.29, 0.717) is 9.79 Å². The van der Waals surface area contributed by atoms with Gasteiger partial charge in [-0.2, -0.15) is 4.39 Å². The van der Waals surface area contributed by atoms with Gasteiger partial charge in [0.1, 0.15) is 10.9 Å². The fraction of sp³-hybridized carbons (Fsp3) is 0. The summed E-state index contributed by atoms with van der Waals surface area (Å²) in [4.78, 5) is 1.16. The Morgan fingerprint density at radius 3 is 1.52 bits per heavy atom. The minimum atomic E-state index is -1.80. The second-order valence-electron chi connectivity index (χ2n) is 4.73. The summed E-state index contributed by atoms with van der Waals surface area (Å²) in [5.74, 6) is -6.34. The van der Waals surface area contributed by atoms with Crippen LogP contribution in [0.25, 0.3) is 0 Å². The maximum Gasteiger partial charge on any atom is 0.217 e. The van der Waals surface area contributed by atoms with E-state index in [2.05, 4.69) is 0 Å². The quantitative estimate of drug-likeness (QED) is 0.262. The highest BCUT2D eigenvalue weighted by atomic mass is 32.2. The lowest BCUT2D eigenvalue weighted by atomic mass is 10.3. The molecule has 116 valence electrons. The van der Waals surface area contributed by atoms with E-state index in [0.717, 1.165) is 6.07 Å². The van der Waals surface area contributed by atoms with Gasteiger partial charge < -0.3 is 0 Å². The van der Waals surface area contributed by atoms with Crippen LogP contribution in [0.2, 0.25) is 0 Å². The number of benzene rings is 3. The van der Waals surface area contributed by atoms with Gasteiger partial charge in [-0.25, -0.2) is 13.2 Å². The van der Waals surface area contributed by atoms with Crippen LogP contribution >= 0.6 is 0 Å². The van der Waals surface area contributed by atoms with E-state index in [9.17, 15) is 17.6 Å². The molecule has 0 aromatic heterocycles. The van der Waals surface area contributed by atoms with Gasteiger partial charge in [0.2, 0.25) is 16.5 Å². The highest BCUT2D eigenvalue weighted by Gasteiger charge is 2.35. The normalized spacial score (nSPS) is 11.0. The van der Waals surface area contributed by atoms with Crippen LogP contribution in [-0.2, 0) is 10.9 Å². The number of hydrogen-bond acceptors (Lipinski definition) is 0. The SMILES string of the molecule is Fc1cc([S+](c2ccccc2)c2ccccc2)c(F)c(F)c1F. The summed E-state index contributed by atoms with van der Waals surface area (Å²) in [6.07, 6.45) is 0. The van der Waals surface area contributed by atoms with Crippen molar-refractivity contribution in [3.63, 3.8) is 0 Å². The molecule has 0 amide bonds. The van der Waals surface area contributed by atoms with Crippen molar-refractivity contribution in [2.75, 3.05) is 0 Å². The second-order valence-corrected chi connectivity index (χ2v) is 6.73. The van der Waals surface area contributed by atoms with E-state index in [1.807, 2.05) is 0 Å². The smallest absolute Gasteiger partial charge is 0.203 e. The molecule has 0 fully saturated rings. The van der Waals surface area contributed by atoms with Crippen LogP contribution in [0, 0.1) is 23.3 Å². The van der Waals surface area contributed by atoms with E-state index >= 15 is 0 Å². The monoisotopic (exact) mass is 335 g/mol. The van der Waals surface area contributed by atoms with Gasteiger partial charge in [-0.05, 0) is 24.3 Å². The van der Waals surface area contributed by atoms with Crippen molar-refractivity contribution in [2.24, 2.45) is 0 Å². The van der Waals surface area contributed by atoms with Crippen molar-refractivity contribution in [2.45, 2.75) is 14.7 Å². The largest absolute Gasteiger partial charge is 0.217 e. The molecule has 0 bridgehead atoms. The first-order valence-electron chi connectivity index (χ1n) is 6.77. The topological polar surface area (TPSA) is 0 Å². The second kappa shape index (κ2) is 6.46. The van der Waals surface area contributed by atoms with Crippen LogP contribution in [0.1, 0.15) is 0 Å². The minimum absolute atomic E-state index is 0.209. The zero-order chi connectivity index (χ0) is 16.4. The van der Waals surface area contributed by atoms with Crippen LogP contribution in [-0.4, -0.2) is 0 Å². The fourth-order valence-electron chi connectivity index (χ4n) is 2.20. The molecule has 3 rings (SSSR count). The molecule has 0 saturated carbocycles. The number of hydrogen-bond donors (Lipinski definition) is 0. The molecule has 5 heteroatoms. The molecule has 0 aliphatic rings. The Hall–Kier alpha value is -2.27.